The zero-order valence-electron chi connectivity index (χ0n) is 15.2. The minimum absolute atomic E-state index is 0.0954. The molecule has 146 valence electrons. The van der Waals surface area contributed by atoms with E-state index in [1.165, 1.54) is 17.1 Å². The number of carbonyl (C=O) groups is 3. The Balaban J connectivity index is 2.28. The molecule has 10 heteroatoms. The van der Waals surface area contributed by atoms with Crippen LogP contribution in [0.5, 0.6) is 0 Å². The summed E-state index contributed by atoms with van der Waals surface area (Å²) >= 11 is 6.76. The molecule has 0 saturated carbocycles. The smallest absolute Gasteiger partial charge is 0.348 e. The molecular weight excluding hydrogens is 394 g/mol. The Hall–Kier alpha value is -2.39. The molecule has 0 radical (unpaired) electrons. The van der Waals surface area contributed by atoms with Crippen molar-refractivity contribution in [3.63, 3.8) is 0 Å². The van der Waals surface area contributed by atoms with Gasteiger partial charge in [0, 0.05) is 6.20 Å². The van der Waals surface area contributed by atoms with Crippen molar-refractivity contribution >= 4 is 45.8 Å². The maximum atomic E-state index is 12.4. The largest absolute Gasteiger partial charge is 0.462 e. The Morgan fingerprint density at radius 1 is 1.26 bits per heavy atom. The molecule has 0 saturated heterocycles. The highest BCUT2D eigenvalue weighted by Crippen LogP contribution is 2.34. The summed E-state index contributed by atoms with van der Waals surface area (Å²) in [6.07, 6.45) is 3.57. The molecule has 0 fully saturated rings. The van der Waals surface area contributed by atoms with Crippen LogP contribution in [0.25, 0.3) is 0 Å². The van der Waals surface area contributed by atoms with Crippen LogP contribution >= 0.6 is 22.9 Å². The van der Waals surface area contributed by atoms with Gasteiger partial charge in [-0.3, -0.25) is 9.48 Å². The van der Waals surface area contributed by atoms with Crippen LogP contribution in [-0.2, 0) is 20.8 Å². The molecule has 2 aromatic heterocycles. The lowest BCUT2D eigenvalue weighted by Gasteiger charge is -2.07. The van der Waals surface area contributed by atoms with Crippen molar-refractivity contribution < 1.29 is 23.9 Å². The van der Waals surface area contributed by atoms with Crippen molar-refractivity contribution in [2.24, 2.45) is 0 Å². The molecular formula is C17H20ClN3O5S. The third-order valence-corrected chi connectivity index (χ3v) is 4.79. The summed E-state index contributed by atoms with van der Waals surface area (Å²) in [6, 6.07) is 0. The Kier molecular flexibility index (Phi) is 7.37. The Morgan fingerprint density at radius 3 is 2.59 bits per heavy atom. The lowest BCUT2D eigenvalue weighted by Crippen LogP contribution is -2.20. The number of esters is 2. The van der Waals surface area contributed by atoms with Crippen LogP contribution in [0.15, 0.2) is 12.4 Å². The highest BCUT2D eigenvalue weighted by atomic mass is 35.5. The standard InChI is InChI=1S/C17H20ClN3O5S/c1-4-6-26-16(23)13-10(3)14(17(24)25-5-2)27-15(13)20-12(22)9-21-8-11(18)7-19-21/h7-8H,4-6,9H2,1-3H3,(H,20,22). The van der Waals surface area contributed by atoms with Gasteiger partial charge in [-0.05, 0) is 25.8 Å². The normalized spacial score (nSPS) is 10.5. The quantitative estimate of drug-likeness (QED) is 0.666. The van der Waals surface area contributed by atoms with Crippen molar-refractivity contribution in [1.82, 2.24) is 9.78 Å². The third-order valence-electron chi connectivity index (χ3n) is 3.41. The summed E-state index contributed by atoms with van der Waals surface area (Å²) in [5, 5.41) is 7.22. The zero-order valence-corrected chi connectivity index (χ0v) is 16.8. The van der Waals surface area contributed by atoms with Crippen molar-refractivity contribution in [2.75, 3.05) is 18.5 Å². The molecule has 2 rings (SSSR count). The summed E-state index contributed by atoms with van der Waals surface area (Å²) in [7, 11) is 0. The Labute approximate surface area is 165 Å². The number of rotatable bonds is 8. The molecule has 1 amide bonds. The predicted molar refractivity (Wildman–Crippen MR) is 101 cm³/mol. The number of nitrogens with one attached hydrogen (secondary N) is 1. The monoisotopic (exact) mass is 413 g/mol. The molecule has 0 atom stereocenters. The van der Waals surface area contributed by atoms with E-state index in [4.69, 9.17) is 21.1 Å². The van der Waals surface area contributed by atoms with Crippen LogP contribution < -0.4 is 5.32 Å². The van der Waals surface area contributed by atoms with Crippen molar-refractivity contribution in [3.05, 3.63) is 33.4 Å². The number of aromatic nitrogens is 2. The Bertz CT molecular complexity index is 846. The fraction of sp³-hybridized carbons (Fsp3) is 0.412. The molecule has 2 aromatic rings. The zero-order chi connectivity index (χ0) is 20.0. The number of nitrogens with zero attached hydrogens (tertiary/aromatic N) is 2. The summed E-state index contributed by atoms with van der Waals surface area (Å²) in [5.41, 5.74) is 0.570. The molecule has 1 N–H and O–H groups in total. The molecule has 0 bridgehead atoms. The molecule has 0 unspecified atom stereocenters. The Morgan fingerprint density at radius 2 is 2.00 bits per heavy atom. The maximum Gasteiger partial charge on any atom is 0.348 e. The number of amides is 1. The van der Waals surface area contributed by atoms with Crippen LogP contribution in [0.1, 0.15) is 45.9 Å². The van der Waals surface area contributed by atoms with E-state index in [0.717, 1.165) is 11.3 Å². The number of ether oxygens (including phenoxy) is 2. The number of thiophene rings is 1. The highest BCUT2D eigenvalue weighted by molar-refractivity contribution is 7.18. The van der Waals surface area contributed by atoms with Gasteiger partial charge in [-0.15, -0.1) is 11.3 Å². The fourth-order valence-electron chi connectivity index (χ4n) is 2.24. The van der Waals surface area contributed by atoms with Gasteiger partial charge in [0.05, 0.1) is 30.0 Å². The van der Waals surface area contributed by atoms with Crippen LogP contribution in [0, 0.1) is 6.92 Å². The molecule has 8 nitrogen and oxygen atoms in total. The van der Waals surface area contributed by atoms with Gasteiger partial charge in [-0.2, -0.15) is 5.10 Å². The summed E-state index contributed by atoms with van der Waals surface area (Å²) < 4.78 is 11.6. The van der Waals surface area contributed by atoms with E-state index in [2.05, 4.69) is 10.4 Å². The minimum Gasteiger partial charge on any atom is -0.462 e. The average Bonchev–Trinajstić information content (AvgIpc) is 3.16. The maximum absolute atomic E-state index is 12.4. The minimum atomic E-state index is -0.599. The molecule has 27 heavy (non-hydrogen) atoms. The van der Waals surface area contributed by atoms with Gasteiger partial charge in [-0.25, -0.2) is 9.59 Å². The fourth-order valence-corrected chi connectivity index (χ4v) is 3.50. The van der Waals surface area contributed by atoms with E-state index >= 15 is 0 Å². The van der Waals surface area contributed by atoms with Crippen molar-refractivity contribution in [3.8, 4) is 0 Å². The lowest BCUT2D eigenvalue weighted by atomic mass is 10.1. The van der Waals surface area contributed by atoms with Gasteiger partial charge in [0.15, 0.2) is 0 Å². The van der Waals surface area contributed by atoms with Gasteiger partial charge >= 0.3 is 11.9 Å². The van der Waals surface area contributed by atoms with Crippen LogP contribution in [-0.4, -0.2) is 40.8 Å². The second-order valence-corrected chi connectivity index (χ2v) is 6.98. The van der Waals surface area contributed by atoms with Crippen LogP contribution in [0.2, 0.25) is 5.02 Å². The third kappa shape index (κ3) is 5.30. The van der Waals surface area contributed by atoms with Gasteiger partial charge in [0.25, 0.3) is 0 Å². The number of hydrogen-bond acceptors (Lipinski definition) is 7. The first-order chi connectivity index (χ1) is 12.9. The van der Waals surface area contributed by atoms with E-state index in [9.17, 15) is 14.4 Å². The van der Waals surface area contributed by atoms with E-state index in [0.29, 0.717) is 17.0 Å². The number of anilines is 1. The molecule has 0 spiro atoms. The predicted octanol–water partition coefficient (Wildman–Crippen LogP) is 3.29. The van der Waals surface area contributed by atoms with E-state index in [-0.39, 0.29) is 35.2 Å². The molecule has 0 aromatic carbocycles. The number of hydrogen-bond donors (Lipinski definition) is 1. The van der Waals surface area contributed by atoms with Crippen molar-refractivity contribution in [2.45, 2.75) is 33.7 Å². The molecule has 0 aliphatic carbocycles. The van der Waals surface area contributed by atoms with Gasteiger partial charge in [-0.1, -0.05) is 18.5 Å². The first-order valence-corrected chi connectivity index (χ1v) is 9.52. The average molecular weight is 414 g/mol. The second kappa shape index (κ2) is 9.52. The van der Waals surface area contributed by atoms with Crippen molar-refractivity contribution in [1.29, 1.82) is 0 Å². The van der Waals surface area contributed by atoms with Gasteiger partial charge in [0.1, 0.15) is 16.4 Å². The van der Waals surface area contributed by atoms with Gasteiger partial charge in [0.2, 0.25) is 5.91 Å². The molecule has 0 aliphatic heterocycles. The van der Waals surface area contributed by atoms with Crippen LogP contribution in [0.3, 0.4) is 0 Å². The highest BCUT2D eigenvalue weighted by Gasteiger charge is 2.27. The SMILES string of the molecule is CCCOC(=O)c1c(NC(=O)Cn2cc(Cl)cn2)sc(C(=O)OCC)c1C. The molecule has 2 heterocycles. The first-order valence-electron chi connectivity index (χ1n) is 8.32. The summed E-state index contributed by atoms with van der Waals surface area (Å²) in [4.78, 5) is 37.1. The van der Waals surface area contributed by atoms with E-state index < -0.39 is 17.8 Å². The van der Waals surface area contributed by atoms with E-state index in [1.807, 2.05) is 6.92 Å². The number of halogens is 1. The first kappa shape index (κ1) is 20.9. The summed E-state index contributed by atoms with van der Waals surface area (Å²) in [5.74, 6) is -1.57. The lowest BCUT2D eigenvalue weighted by molar-refractivity contribution is -0.116. The summed E-state index contributed by atoms with van der Waals surface area (Å²) in [6.45, 7) is 5.52. The second-order valence-electron chi connectivity index (χ2n) is 5.52. The molecule has 0 aliphatic rings. The topological polar surface area (TPSA) is 99.5 Å². The van der Waals surface area contributed by atoms with Gasteiger partial charge < -0.3 is 14.8 Å². The van der Waals surface area contributed by atoms with E-state index in [1.54, 1.807) is 13.8 Å². The number of carbonyl (C=O) groups excluding carboxylic acids is 3. The van der Waals surface area contributed by atoms with Crippen LogP contribution in [0.4, 0.5) is 5.00 Å².